The van der Waals surface area contributed by atoms with Crippen LogP contribution in [0.3, 0.4) is 0 Å². The van der Waals surface area contributed by atoms with E-state index in [1.165, 1.54) is 0 Å². The normalized spacial score (nSPS) is 8.20. The zero-order chi connectivity index (χ0) is 7.28. The number of carbonyl (C=O) groups is 2. The van der Waals surface area contributed by atoms with E-state index in [1.807, 2.05) is 0 Å². The van der Waals surface area contributed by atoms with Gasteiger partial charge in [-0.2, -0.15) is 0 Å². The molecule has 0 spiro atoms. The molecule has 0 atom stereocenters. The Labute approximate surface area is 75.6 Å². The molecule has 0 amide bonds. The molecule has 0 radical (unpaired) electrons. The van der Waals surface area contributed by atoms with Crippen molar-refractivity contribution in [3.05, 3.63) is 0 Å². The van der Waals surface area contributed by atoms with Crippen molar-refractivity contribution >= 4 is 11.6 Å². The summed E-state index contributed by atoms with van der Waals surface area (Å²) in [4.78, 5) is 21.1. The number of rotatable bonds is 4. The summed E-state index contributed by atoms with van der Waals surface area (Å²) in [7, 11) is 0. The summed E-state index contributed by atoms with van der Waals surface area (Å²) in [5.74, 6) is 0.0868. The molecule has 0 heterocycles. The van der Waals surface area contributed by atoms with Crippen molar-refractivity contribution in [2.24, 2.45) is 0 Å². The van der Waals surface area contributed by atoms with E-state index in [0.717, 1.165) is 0 Å². The standard InChI is InChI=1S/C7H12O2.Pt/c1-3-6(8)5-7(9)4-2;/h3-5H2,1-2H3;. The van der Waals surface area contributed by atoms with E-state index in [1.54, 1.807) is 13.8 Å². The second-order valence-electron chi connectivity index (χ2n) is 1.96. The van der Waals surface area contributed by atoms with Gasteiger partial charge in [-0.3, -0.25) is 9.59 Å². The van der Waals surface area contributed by atoms with Gasteiger partial charge in [0.25, 0.3) is 0 Å². The van der Waals surface area contributed by atoms with Crippen LogP contribution in [0.5, 0.6) is 0 Å². The molecule has 0 saturated carbocycles. The minimum atomic E-state index is 0. The van der Waals surface area contributed by atoms with E-state index in [9.17, 15) is 9.59 Å². The average Bonchev–Trinajstić information content (AvgIpc) is 1.87. The van der Waals surface area contributed by atoms with Crippen molar-refractivity contribution in [2.75, 3.05) is 0 Å². The third-order valence-electron chi connectivity index (χ3n) is 1.18. The van der Waals surface area contributed by atoms with Gasteiger partial charge in [-0.1, -0.05) is 13.8 Å². The molecule has 10 heavy (non-hydrogen) atoms. The molecular formula is C7H12O2Pt. The number of Topliss-reactive ketones (excluding diaryl/α,β-unsaturated/α-hetero) is 2. The van der Waals surface area contributed by atoms with Crippen molar-refractivity contribution < 1.29 is 30.7 Å². The Morgan fingerprint density at radius 1 is 1.00 bits per heavy atom. The van der Waals surface area contributed by atoms with Crippen LogP contribution in [-0.4, -0.2) is 11.6 Å². The Bertz CT molecular complexity index is 107. The van der Waals surface area contributed by atoms with Gasteiger partial charge >= 0.3 is 0 Å². The van der Waals surface area contributed by atoms with Crippen LogP contribution in [0.1, 0.15) is 33.1 Å². The molecule has 0 aromatic rings. The Hall–Kier alpha value is 0.0283. The minimum absolute atomic E-state index is 0. The molecule has 0 N–H and O–H groups in total. The van der Waals surface area contributed by atoms with E-state index in [-0.39, 0.29) is 39.1 Å². The molecule has 0 bridgehead atoms. The van der Waals surface area contributed by atoms with Crippen LogP contribution in [-0.2, 0) is 30.7 Å². The number of hydrogen-bond donors (Lipinski definition) is 0. The minimum Gasteiger partial charge on any atom is -0.299 e. The van der Waals surface area contributed by atoms with Crippen molar-refractivity contribution in [2.45, 2.75) is 33.1 Å². The zero-order valence-electron chi connectivity index (χ0n) is 6.25. The van der Waals surface area contributed by atoms with Gasteiger partial charge in [-0.25, -0.2) is 0 Å². The Morgan fingerprint density at radius 3 is 1.50 bits per heavy atom. The summed E-state index contributed by atoms with van der Waals surface area (Å²) in [6, 6.07) is 0. The van der Waals surface area contributed by atoms with Crippen LogP contribution >= 0.6 is 0 Å². The molecule has 0 aromatic heterocycles. The average molecular weight is 323 g/mol. The summed E-state index contributed by atoms with van der Waals surface area (Å²) >= 11 is 0. The van der Waals surface area contributed by atoms with E-state index in [0.29, 0.717) is 12.8 Å². The van der Waals surface area contributed by atoms with Crippen LogP contribution in [0.2, 0.25) is 0 Å². The van der Waals surface area contributed by atoms with E-state index < -0.39 is 0 Å². The van der Waals surface area contributed by atoms with Crippen LogP contribution in [0.25, 0.3) is 0 Å². The molecule has 0 unspecified atom stereocenters. The molecule has 2 nitrogen and oxygen atoms in total. The van der Waals surface area contributed by atoms with E-state index in [4.69, 9.17) is 0 Å². The zero-order valence-corrected chi connectivity index (χ0v) is 8.53. The first kappa shape index (κ1) is 12.7. The predicted octanol–water partition coefficient (Wildman–Crippen LogP) is 1.33. The predicted molar refractivity (Wildman–Crippen MR) is 35.2 cm³/mol. The first-order valence-corrected chi connectivity index (χ1v) is 3.24. The van der Waals surface area contributed by atoms with Gasteiger partial charge in [0.2, 0.25) is 0 Å². The molecule has 0 rings (SSSR count). The van der Waals surface area contributed by atoms with Gasteiger partial charge in [0.1, 0.15) is 11.6 Å². The fraction of sp³-hybridized carbons (Fsp3) is 0.714. The largest absolute Gasteiger partial charge is 0.299 e. The van der Waals surface area contributed by atoms with Gasteiger partial charge < -0.3 is 0 Å². The molecule has 0 aliphatic rings. The molecule has 0 aliphatic heterocycles. The Kier molecular flexibility index (Phi) is 9.05. The van der Waals surface area contributed by atoms with E-state index in [2.05, 4.69) is 0 Å². The summed E-state index contributed by atoms with van der Waals surface area (Å²) in [6.45, 7) is 3.54. The van der Waals surface area contributed by atoms with Gasteiger partial charge in [0.15, 0.2) is 0 Å². The molecule has 0 fully saturated rings. The smallest absolute Gasteiger partial charge is 0.139 e. The van der Waals surface area contributed by atoms with Crippen molar-refractivity contribution in [3.63, 3.8) is 0 Å². The maximum atomic E-state index is 10.6. The number of hydrogen-bond acceptors (Lipinski definition) is 2. The number of ketones is 2. The summed E-state index contributed by atoms with van der Waals surface area (Å²) in [5.41, 5.74) is 0. The van der Waals surface area contributed by atoms with Crippen LogP contribution < -0.4 is 0 Å². The second-order valence-corrected chi connectivity index (χ2v) is 1.96. The molecule has 0 saturated heterocycles. The third kappa shape index (κ3) is 6.15. The molecule has 62 valence electrons. The summed E-state index contributed by atoms with van der Waals surface area (Å²) in [6.07, 6.45) is 1.09. The van der Waals surface area contributed by atoms with Crippen molar-refractivity contribution in [1.82, 2.24) is 0 Å². The van der Waals surface area contributed by atoms with Crippen LogP contribution in [0, 0.1) is 0 Å². The first-order valence-electron chi connectivity index (χ1n) is 3.24. The summed E-state index contributed by atoms with van der Waals surface area (Å²) in [5, 5.41) is 0. The fourth-order valence-corrected chi connectivity index (χ4v) is 0.470. The fourth-order valence-electron chi connectivity index (χ4n) is 0.470. The molecular weight excluding hydrogens is 311 g/mol. The molecule has 0 aromatic carbocycles. The maximum Gasteiger partial charge on any atom is 0.139 e. The SMILES string of the molecule is CCC(=O)CC(=O)CC.[Pt]. The van der Waals surface area contributed by atoms with Gasteiger partial charge in [-0.15, -0.1) is 0 Å². The van der Waals surface area contributed by atoms with Gasteiger partial charge in [-0.05, 0) is 0 Å². The Balaban J connectivity index is 0. The number of carbonyl (C=O) groups excluding carboxylic acids is 2. The maximum absolute atomic E-state index is 10.6. The van der Waals surface area contributed by atoms with Crippen LogP contribution in [0.4, 0.5) is 0 Å². The second kappa shape index (κ2) is 7.14. The van der Waals surface area contributed by atoms with Crippen molar-refractivity contribution in [3.8, 4) is 0 Å². The quantitative estimate of drug-likeness (QED) is 0.732. The third-order valence-corrected chi connectivity index (χ3v) is 1.18. The monoisotopic (exact) mass is 323 g/mol. The van der Waals surface area contributed by atoms with Gasteiger partial charge in [0.05, 0.1) is 6.42 Å². The van der Waals surface area contributed by atoms with Crippen molar-refractivity contribution in [1.29, 1.82) is 0 Å². The molecule has 0 aliphatic carbocycles. The summed E-state index contributed by atoms with van der Waals surface area (Å²) < 4.78 is 0. The molecule has 3 heteroatoms. The van der Waals surface area contributed by atoms with E-state index >= 15 is 0 Å². The van der Waals surface area contributed by atoms with Gasteiger partial charge in [0, 0.05) is 33.9 Å². The first-order chi connectivity index (χ1) is 4.20. The topological polar surface area (TPSA) is 34.1 Å². The Morgan fingerprint density at radius 2 is 1.30 bits per heavy atom. The van der Waals surface area contributed by atoms with Crippen LogP contribution in [0.15, 0.2) is 0 Å².